The first-order valence-electron chi connectivity index (χ1n) is 8.98. The molecule has 0 aliphatic carbocycles. The second-order valence-electron chi connectivity index (χ2n) is 6.70. The first-order chi connectivity index (χ1) is 12.3. The molecule has 3 atom stereocenters. The summed E-state index contributed by atoms with van der Waals surface area (Å²) in [5.41, 5.74) is 2.44. The van der Waals surface area contributed by atoms with Crippen LogP contribution in [0.2, 0.25) is 0 Å². The molecule has 0 unspecified atom stereocenters. The largest absolute Gasteiger partial charge is 0.391 e. The third-order valence-electron chi connectivity index (χ3n) is 4.92. The van der Waals surface area contributed by atoms with Gasteiger partial charge in [-0.3, -0.25) is 4.90 Å². The zero-order chi connectivity index (χ0) is 17.5. The van der Waals surface area contributed by atoms with Crippen molar-refractivity contribution in [2.75, 3.05) is 13.2 Å². The molecule has 132 valence electrons. The fourth-order valence-corrected chi connectivity index (χ4v) is 3.61. The van der Waals surface area contributed by atoms with Crippen LogP contribution < -0.4 is 0 Å². The average molecular weight is 337 g/mol. The van der Waals surface area contributed by atoms with Gasteiger partial charge in [0.15, 0.2) is 0 Å². The lowest BCUT2D eigenvalue weighted by Gasteiger charge is -2.31. The van der Waals surface area contributed by atoms with E-state index in [-0.39, 0.29) is 18.1 Å². The molecule has 2 aromatic carbocycles. The summed E-state index contributed by atoms with van der Waals surface area (Å²) in [6, 6.07) is 20.7. The molecule has 2 aromatic rings. The maximum Gasteiger partial charge on any atom is 0.0717 e. The Morgan fingerprint density at radius 3 is 2.36 bits per heavy atom. The van der Waals surface area contributed by atoms with Gasteiger partial charge in [0, 0.05) is 25.0 Å². The first kappa shape index (κ1) is 17.9. The topological polar surface area (TPSA) is 32.7 Å². The highest BCUT2D eigenvalue weighted by Crippen LogP contribution is 2.27. The summed E-state index contributed by atoms with van der Waals surface area (Å²) in [6.07, 6.45) is 2.41. The molecule has 0 aromatic heterocycles. The number of hydrogen-bond donors (Lipinski definition) is 1. The number of nitrogens with zero attached hydrogens (tertiary/aromatic N) is 1. The summed E-state index contributed by atoms with van der Waals surface area (Å²) in [7, 11) is 0. The molecule has 0 saturated carbocycles. The van der Waals surface area contributed by atoms with Gasteiger partial charge >= 0.3 is 0 Å². The number of rotatable bonds is 8. The van der Waals surface area contributed by atoms with Gasteiger partial charge in [-0.15, -0.1) is 6.58 Å². The standard InChI is InChI=1S/C22H27NO2/c1-2-20(17-25-16-19-11-7-4-8-12-19)22-21(24)13-14-23(22)15-18-9-5-3-6-10-18/h2-12,20-22,24H,1,13-17H2/t20-,21+,22+/m0/s1. The fourth-order valence-electron chi connectivity index (χ4n) is 3.61. The van der Waals surface area contributed by atoms with Crippen LogP contribution in [0.5, 0.6) is 0 Å². The van der Waals surface area contributed by atoms with Crippen LogP contribution in [-0.2, 0) is 17.9 Å². The minimum Gasteiger partial charge on any atom is -0.391 e. The predicted octanol–water partition coefficient (Wildman–Crippen LogP) is 3.64. The van der Waals surface area contributed by atoms with Crippen LogP contribution in [0.25, 0.3) is 0 Å². The van der Waals surface area contributed by atoms with Gasteiger partial charge in [0.1, 0.15) is 0 Å². The Morgan fingerprint density at radius 2 is 1.72 bits per heavy atom. The van der Waals surface area contributed by atoms with Crippen LogP contribution in [0.3, 0.4) is 0 Å². The summed E-state index contributed by atoms with van der Waals surface area (Å²) in [4.78, 5) is 2.36. The second-order valence-corrected chi connectivity index (χ2v) is 6.70. The second kappa shape index (κ2) is 8.95. The lowest BCUT2D eigenvalue weighted by Crippen LogP contribution is -2.42. The lowest BCUT2D eigenvalue weighted by molar-refractivity contribution is 0.0316. The van der Waals surface area contributed by atoms with Crippen molar-refractivity contribution in [1.29, 1.82) is 0 Å². The van der Waals surface area contributed by atoms with Gasteiger partial charge in [-0.2, -0.15) is 0 Å². The molecule has 1 fully saturated rings. The van der Waals surface area contributed by atoms with E-state index in [0.29, 0.717) is 13.2 Å². The fraction of sp³-hybridized carbons (Fsp3) is 0.364. The van der Waals surface area contributed by atoms with Gasteiger partial charge in [-0.05, 0) is 17.5 Å². The van der Waals surface area contributed by atoms with Crippen molar-refractivity contribution < 1.29 is 9.84 Å². The van der Waals surface area contributed by atoms with E-state index >= 15 is 0 Å². The van der Waals surface area contributed by atoms with E-state index in [1.807, 2.05) is 30.3 Å². The highest BCUT2D eigenvalue weighted by Gasteiger charge is 2.37. The van der Waals surface area contributed by atoms with Crippen molar-refractivity contribution >= 4 is 0 Å². The van der Waals surface area contributed by atoms with Gasteiger partial charge in [0.05, 0.1) is 19.3 Å². The number of ether oxygens (including phenoxy) is 1. The Morgan fingerprint density at radius 1 is 1.08 bits per heavy atom. The van der Waals surface area contributed by atoms with Crippen molar-refractivity contribution in [3.63, 3.8) is 0 Å². The van der Waals surface area contributed by atoms with Crippen LogP contribution >= 0.6 is 0 Å². The normalized spacial score (nSPS) is 22.0. The van der Waals surface area contributed by atoms with Gasteiger partial charge in [0.25, 0.3) is 0 Å². The van der Waals surface area contributed by atoms with Crippen LogP contribution in [0.15, 0.2) is 73.3 Å². The Bertz CT molecular complexity index is 644. The van der Waals surface area contributed by atoms with E-state index in [0.717, 1.165) is 19.5 Å². The highest BCUT2D eigenvalue weighted by molar-refractivity contribution is 5.16. The van der Waals surface area contributed by atoms with Crippen molar-refractivity contribution in [3.05, 3.63) is 84.4 Å². The molecule has 0 radical (unpaired) electrons. The molecule has 1 heterocycles. The molecule has 0 bridgehead atoms. The van der Waals surface area contributed by atoms with Crippen molar-refractivity contribution in [3.8, 4) is 0 Å². The predicted molar refractivity (Wildman–Crippen MR) is 101 cm³/mol. The molecule has 3 nitrogen and oxygen atoms in total. The number of aliphatic hydroxyl groups excluding tert-OH is 1. The summed E-state index contributed by atoms with van der Waals surface area (Å²) >= 11 is 0. The Balaban J connectivity index is 1.60. The average Bonchev–Trinajstić information content (AvgIpc) is 3.01. The monoisotopic (exact) mass is 337 g/mol. The maximum absolute atomic E-state index is 10.5. The molecule has 1 saturated heterocycles. The number of likely N-dealkylation sites (tertiary alicyclic amines) is 1. The molecule has 1 N–H and O–H groups in total. The van der Waals surface area contributed by atoms with Gasteiger partial charge in [-0.1, -0.05) is 66.7 Å². The molecular weight excluding hydrogens is 310 g/mol. The summed E-state index contributed by atoms with van der Waals surface area (Å²) in [5, 5.41) is 10.5. The molecule has 3 rings (SSSR count). The van der Waals surface area contributed by atoms with Gasteiger partial charge in [-0.25, -0.2) is 0 Å². The smallest absolute Gasteiger partial charge is 0.0717 e. The molecule has 0 spiro atoms. The zero-order valence-electron chi connectivity index (χ0n) is 14.6. The third kappa shape index (κ3) is 4.79. The Labute approximate surface area is 150 Å². The SMILES string of the molecule is C=C[C@@H](COCc1ccccc1)[C@@H]1[C@H](O)CCN1Cc1ccccc1. The van der Waals surface area contributed by atoms with Gasteiger partial charge < -0.3 is 9.84 Å². The third-order valence-corrected chi connectivity index (χ3v) is 4.92. The van der Waals surface area contributed by atoms with Crippen LogP contribution in [0, 0.1) is 5.92 Å². The van der Waals surface area contributed by atoms with Crippen molar-refractivity contribution in [2.45, 2.75) is 31.7 Å². The number of aliphatic hydroxyl groups is 1. The molecule has 3 heteroatoms. The van der Waals surface area contributed by atoms with E-state index in [9.17, 15) is 5.11 Å². The van der Waals surface area contributed by atoms with Crippen molar-refractivity contribution in [1.82, 2.24) is 4.90 Å². The molecule has 25 heavy (non-hydrogen) atoms. The quantitative estimate of drug-likeness (QED) is 0.747. The van der Waals surface area contributed by atoms with Gasteiger partial charge in [0.2, 0.25) is 0 Å². The highest BCUT2D eigenvalue weighted by atomic mass is 16.5. The Kier molecular flexibility index (Phi) is 6.40. The molecule has 1 aliphatic rings. The van der Waals surface area contributed by atoms with Crippen LogP contribution in [0.1, 0.15) is 17.5 Å². The maximum atomic E-state index is 10.5. The van der Waals surface area contributed by atoms with E-state index in [4.69, 9.17) is 4.74 Å². The summed E-state index contributed by atoms with van der Waals surface area (Å²) in [5.74, 6) is 0.116. The van der Waals surface area contributed by atoms with Crippen LogP contribution in [0.4, 0.5) is 0 Å². The molecule has 0 amide bonds. The minimum atomic E-state index is -0.327. The van der Waals surface area contributed by atoms with E-state index < -0.39 is 0 Å². The summed E-state index contributed by atoms with van der Waals surface area (Å²) < 4.78 is 5.92. The Hall–Kier alpha value is -1.94. The van der Waals surface area contributed by atoms with E-state index in [1.54, 1.807) is 0 Å². The van der Waals surface area contributed by atoms with E-state index in [1.165, 1.54) is 11.1 Å². The first-order valence-corrected chi connectivity index (χ1v) is 8.98. The molecular formula is C22H27NO2. The van der Waals surface area contributed by atoms with Crippen LogP contribution in [-0.4, -0.2) is 35.3 Å². The minimum absolute atomic E-state index is 0.0634. The van der Waals surface area contributed by atoms with Crippen molar-refractivity contribution in [2.24, 2.45) is 5.92 Å². The summed E-state index contributed by atoms with van der Waals surface area (Å²) in [6.45, 7) is 6.91. The molecule has 1 aliphatic heterocycles. The zero-order valence-corrected chi connectivity index (χ0v) is 14.6. The van der Waals surface area contributed by atoms with E-state index in [2.05, 4.69) is 47.9 Å². The lowest BCUT2D eigenvalue weighted by atomic mass is 9.96. The number of benzene rings is 2. The number of hydrogen-bond acceptors (Lipinski definition) is 3.